The molecular weight excluding hydrogens is 222 g/mol. The van der Waals surface area contributed by atoms with Gasteiger partial charge in [0.15, 0.2) is 0 Å². The molecule has 1 aromatic carbocycles. The molecular formula is C15H23N3. The fraction of sp³-hybridized carbons (Fsp3) is 0.533. The van der Waals surface area contributed by atoms with Gasteiger partial charge >= 0.3 is 0 Å². The summed E-state index contributed by atoms with van der Waals surface area (Å²) in [5.41, 5.74) is 0.461. The zero-order chi connectivity index (χ0) is 13.4. The molecule has 0 radical (unpaired) electrons. The molecule has 1 N–H and O–H groups in total. The van der Waals surface area contributed by atoms with E-state index in [1.807, 2.05) is 37.4 Å². The molecule has 0 spiro atoms. The lowest BCUT2D eigenvalue weighted by molar-refractivity contribution is 0.287. The van der Waals surface area contributed by atoms with E-state index in [2.05, 4.69) is 30.3 Å². The Morgan fingerprint density at radius 1 is 1.28 bits per heavy atom. The van der Waals surface area contributed by atoms with Crippen LogP contribution in [0.4, 0.5) is 0 Å². The highest BCUT2D eigenvalue weighted by Gasteiger charge is 2.30. The Morgan fingerprint density at radius 2 is 1.94 bits per heavy atom. The highest BCUT2D eigenvalue weighted by molar-refractivity contribution is 5.31. The summed E-state index contributed by atoms with van der Waals surface area (Å²) in [7, 11) is 3.96. The van der Waals surface area contributed by atoms with Crippen LogP contribution in [-0.2, 0) is 5.54 Å². The molecule has 0 aliphatic heterocycles. The summed E-state index contributed by atoms with van der Waals surface area (Å²) in [6.07, 6.45) is 1.93. The van der Waals surface area contributed by atoms with E-state index in [1.165, 1.54) is 0 Å². The lowest BCUT2D eigenvalue weighted by Gasteiger charge is -2.29. The maximum absolute atomic E-state index is 9.54. The van der Waals surface area contributed by atoms with Crippen molar-refractivity contribution in [1.29, 1.82) is 5.26 Å². The summed E-state index contributed by atoms with van der Waals surface area (Å²) in [6.45, 7) is 4.15. The van der Waals surface area contributed by atoms with Crippen LogP contribution in [0, 0.1) is 11.3 Å². The van der Waals surface area contributed by atoms with Crippen LogP contribution < -0.4 is 5.32 Å². The summed E-state index contributed by atoms with van der Waals surface area (Å²) in [4.78, 5) is 2.27. The molecule has 0 bridgehead atoms. The van der Waals surface area contributed by atoms with Gasteiger partial charge in [-0.1, -0.05) is 37.3 Å². The normalized spacial score (nSPS) is 14.2. The van der Waals surface area contributed by atoms with Gasteiger partial charge in [-0.05, 0) is 39.0 Å². The summed E-state index contributed by atoms with van der Waals surface area (Å²) in [5, 5.41) is 12.7. The SMILES string of the molecule is CCCN(C)CCC(C#N)(NC)c1ccccc1. The lowest BCUT2D eigenvalue weighted by Crippen LogP contribution is -2.41. The third-order valence-electron chi connectivity index (χ3n) is 3.36. The van der Waals surface area contributed by atoms with E-state index in [1.54, 1.807) is 0 Å². The van der Waals surface area contributed by atoms with Crippen LogP contribution in [-0.4, -0.2) is 32.1 Å². The summed E-state index contributed by atoms with van der Waals surface area (Å²) >= 11 is 0. The second-order valence-electron chi connectivity index (χ2n) is 4.69. The van der Waals surface area contributed by atoms with Crippen molar-refractivity contribution in [3.63, 3.8) is 0 Å². The van der Waals surface area contributed by atoms with Gasteiger partial charge in [0.05, 0.1) is 6.07 Å². The van der Waals surface area contributed by atoms with E-state index < -0.39 is 5.54 Å². The van der Waals surface area contributed by atoms with E-state index in [9.17, 15) is 5.26 Å². The van der Waals surface area contributed by atoms with E-state index in [-0.39, 0.29) is 0 Å². The van der Waals surface area contributed by atoms with E-state index in [0.29, 0.717) is 0 Å². The predicted molar refractivity (Wildman–Crippen MR) is 75.2 cm³/mol. The number of benzene rings is 1. The molecule has 18 heavy (non-hydrogen) atoms. The van der Waals surface area contributed by atoms with Gasteiger partial charge in [0.1, 0.15) is 5.54 Å². The van der Waals surface area contributed by atoms with Gasteiger partial charge in [0.2, 0.25) is 0 Å². The largest absolute Gasteiger partial charge is 0.306 e. The number of hydrogen-bond donors (Lipinski definition) is 1. The van der Waals surface area contributed by atoms with Crippen molar-refractivity contribution < 1.29 is 0 Å². The molecule has 1 aromatic rings. The van der Waals surface area contributed by atoms with Crippen molar-refractivity contribution in [3.05, 3.63) is 35.9 Å². The molecule has 0 heterocycles. The highest BCUT2D eigenvalue weighted by atomic mass is 15.1. The molecule has 0 aliphatic rings. The van der Waals surface area contributed by atoms with Crippen molar-refractivity contribution >= 4 is 0 Å². The molecule has 0 aliphatic carbocycles. The Kier molecular flexibility index (Phi) is 5.84. The van der Waals surface area contributed by atoms with Crippen LogP contribution in [0.2, 0.25) is 0 Å². The fourth-order valence-corrected chi connectivity index (χ4v) is 2.16. The van der Waals surface area contributed by atoms with Gasteiger partial charge in [-0.15, -0.1) is 0 Å². The van der Waals surface area contributed by atoms with Gasteiger partial charge < -0.3 is 4.90 Å². The molecule has 3 heteroatoms. The average Bonchev–Trinajstić information content (AvgIpc) is 2.42. The Labute approximate surface area is 110 Å². The standard InChI is InChI=1S/C15H23N3/c1-4-11-18(3)12-10-15(13-16,17-2)14-8-6-5-7-9-14/h5-9,17H,4,10-12H2,1-3H3. The van der Waals surface area contributed by atoms with Crippen LogP contribution >= 0.6 is 0 Å². The number of nitriles is 1. The zero-order valence-electron chi connectivity index (χ0n) is 11.6. The minimum atomic E-state index is -0.580. The molecule has 3 nitrogen and oxygen atoms in total. The molecule has 98 valence electrons. The van der Waals surface area contributed by atoms with E-state index in [4.69, 9.17) is 0 Å². The fourth-order valence-electron chi connectivity index (χ4n) is 2.16. The number of nitrogens with one attached hydrogen (secondary N) is 1. The predicted octanol–water partition coefficient (Wildman–Crippen LogP) is 2.36. The van der Waals surface area contributed by atoms with Gasteiger partial charge in [0, 0.05) is 6.54 Å². The van der Waals surface area contributed by atoms with Crippen LogP contribution in [0.5, 0.6) is 0 Å². The second-order valence-corrected chi connectivity index (χ2v) is 4.69. The Bertz CT molecular complexity index is 382. The Morgan fingerprint density at radius 3 is 2.44 bits per heavy atom. The molecule has 1 rings (SSSR count). The zero-order valence-corrected chi connectivity index (χ0v) is 11.6. The van der Waals surface area contributed by atoms with Gasteiger partial charge in [-0.3, -0.25) is 5.32 Å². The first-order valence-electron chi connectivity index (χ1n) is 6.52. The second kappa shape index (κ2) is 7.15. The van der Waals surface area contributed by atoms with E-state index in [0.717, 1.165) is 31.5 Å². The van der Waals surface area contributed by atoms with Gasteiger partial charge in [0.25, 0.3) is 0 Å². The van der Waals surface area contributed by atoms with Gasteiger partial charge in [-0.2, -0.15) is 5.26 Å². The third-order valence-corrected chi connectivity index (χ3v) is 3.36. The molecule has 0 aromatic heterocycles. The maximum atomic E-state index is 9.54. The molecule has 0 saturated heterocycles. The minimum absolute atomic E-state index is 0.580. The molecule has 1 atom stereocenters. The Hall–Kier alpha value is -1.37. The van der Waals surface area contributed by atoms with Crippen molar-refractivity contribution in [2.24, 2.45) is 0 Å². The first-order valence-corrected chi connectivity index (χ1v) is 6.52. The number of rotatable bonds is 7. The molecule has 0 fully saturated rings. The highest BCUT2D eigenvalue weighted by Crippen LogP contribution is 2.24. The quantitative estimate of drug-likeness (QED) is 0.801. The van der Waals surface area contributed by atoms with Crippen molar-refractivity contribution in [2.75, 3.05) is 27.2 Å². The van der Waals surface area contributed by atoms with Gasteiger partial charge in [-0.25, -0.2) is 0 Å². The lowest BCUT2D eigenvalue weighted by atomic mass is 9.88. The maximum Gasteiger partial charge on any atom is 0.133 e. The van der Waals surface area contributed by atoms with Crippen LogP contribution in [0.1, 0.15) is 25.3 Å². The number of nitrogens with zero attached hydrogens (tertiary/aromatic N) is 2. The first-order chi connectivity index (χ1) is 8.68. The van der Waals surface area contributed by atoms with Crippen LogP contribution in [0.25, 0.3) is 0 Å². The van der Waals surface area contributed by atoms with Crippen LogP contribution in [0.15, 0.2) is 30.3 Å². The first kappa shape index (κ1) is 14.7. The molecule has 0 amide bonds. The molecule has 1 unspecified atom stereocenters. The Balaban J connectivity index is 2.79. The van der Waals surface area contributed by atoms with Crippen molar-refractivity contribution in [2.45, 2.75) is 25.3 Å². The summed E-state index contributed by atoms with van der Waals surface area (Å²) in [6, 6.07) is 12.4. The van der Waals surface area contributed by atoms with Crippen LogP contribution in [0.3, 0.4) is 0 Å². The summed E-state index contributed by atoms with van der Waals surface area (Å²) in [5.74, 6) is 0. The minimum Gasteiger partial charge on any atom is -0.306 e. The monoisotopic (exact) mass is 245 g/mol. The molecule has 0 saturated carbocycles. The third kappa shape index (κ3) is 3.56. The summed E-state index contributed by atoms with van der Waals surface area (Å²) < 4.78 is 0. The average molecular weight is 245 g/mol. The topological polar surface area (TPSA) is 39.1 Å². The smallest absolute Gasteiger partial charge is 0.133 e. The van der Waals surface area contributed by atoms with Crippen molar-refractivity contribution in [1.82, 2.24) is 10.2 Å². The number of hydrogen-bond acceptors (Lipinski definition) is 3. The van der Waals surface area contributed by atoms with E-state index >= 15 is 0 Å². The van der Waals surface area contributed by atoms with Crippen molar-refractivity contribution in [3.8, 4) is 6.07 Å².